The average molecular weight is 589 g/mol. The summed E-state index contributed by atoms with van der Waals surface area (Å²) in [5.41, 5.74) is -1.22. The molecule has 0 unspecified atom stereocenters. The number of Topliss-reactive ketones (excluding diaryl/α,β-unsaturated/α-hetero) is 1. The van der Waals surface area contributed by atoms with Crippen LogP contribution in [0.4, 0.5) is 0 Å². The Hall–Kier alpha value is -1.96. The fourth-order valence-electron chi connectivity index (χ4n) is 5.37. The maximum atomic E-state index is 13.8. The zero-order chi connectivity index (χ0) is 28.4. The predicted octanol–water partition coefficient (Wildman–Crippen LogP) is 3.68. The molecule has 0 amide bonds. The van der Waals surface area contributed by atoms with E-state index in [-0.39, 0.29) is 28.4 Å². The number of benzene rings is 1. The first-order chi connectivity index (χ1) is 16.8. The largest absolute Gasteiger partial charge is 0 e. The van der Waals surface area contributed by atoms with Crippen LogP contribution in [0, 0.1) is 30.8 Å². The molecule has 0 bridgehead atoms. The van der Waals surface area contributed by atoms with Gasteiger partial charge in [-0.15, -0.1) is 0 Å². The number of carbonyl (C=O) groups excluding carboxylic acids is 1. The maximum Gasteiger partial charge on any atom is 0 e. The number of carbonyl (C=O) groups is 1. The summed E-state index contributed by atoms with van der Waals surface area (Å²) in [6.45, 7) is 22.1. The van der Waals surface area contributed by atoms with E-state index in [9.17, 15) is 13.2 Å². The van der Waals surface area contributed by atoms with Crippen LogP contribution < -0.4 is 5.19 Å². The molecule has 1 saturated carbocycles. The van der Waals surface area contributed by atoms with Gasteiger partial charge in [-0.2, -0.15) is 8.42 Å². The SMILES string of the molecule is COC1=CC[C@](C)([C@]2(C)C(=O)[C@@H](OS(C)(=O)=O)C[C@H]2[Si](C)(C)c2ccccc2)C=C1.[C-]#[O+].[C-]#[O+].[C-]#[O+].[Fe]. The molecular formula is C26H32FeO8SSi. The van der Waals surface area contributed by atoms with Gasteiger partial charge < -0.3 is 4.74 Å². The van der Waals surface area contributed by atoms with Gasteiger partial charge >= 0.3 is 33.9 Å². The summed E-state index contributed by atoms with van der Waals surface area (Å²) in [6, 6.07) is 10.3. The van der Waals surface area contributed by atoms with Crippen molar-refractivity contribution in [1.82, 2.24) is 0 Å². The van der Waals surface area contributed by atoms with Gasteiger partial charge in [0.25, 0.3) is 10.1 Å². The van der Waals surface area contributed by atoms with E-state index in [0.717, 1.165) is 12.0 Å². The molecule has 3 rings (SSSR count). The molecule has 2 aliphatic carbocycles. The molecule has 4 atom stereocenters. The zero-order valence-electron chi connectivity index (χ0n) is 21.7. The zero-order valence-corrected chi connectivity index (χ0v) is 24.6. The van der Waals surface area contributed by atoms with E-state index in [0.29, 0.717) is 12.8 Å². The third-order valence-electron chi connectivity index (χ3n) is 7.40. The molecule has 1 fully saturated rings. The number of allylic oxidation sites excluding steroid dienone is 3. The van der Waals surface area contributed by atoms with Gasteiger partial charge in [-0.25, -0.2) is 0 Å². The summed E-state index contributed by atoms with van der Waals surface area (Å²) >= 11 is 0. The molecule has 2 aliphatic rings. The van der Waals surface area contributed by atoms with Crippen molar-refractivity contribution in [3.63, 3.8) is 0 Å². The minimum absolute atomic E-state index is 0. The van der Waals surface area contributed by atoms with Crippen LogP contribution in [0.2, 0.25) is 18.6 Å². The van der Waals surface area contributed by atoms with Gasteiger partial charge in [-0.05, 0) is 30.5 Å². The van der Waals surface area contributed by atoms with Crippen LogP contribution in [0.3, 0.4) is 0 Å². The van der Waals surface area contributed by atoms with E-state index >= 15 is 0 Å². The number of hydrogen-bond donors (Lipinski definition) is 0. The van der Waals surface area contributed by atoms with Crippen molar-refractivity contribution in [3.8, 4) is 0 Å². The van der Waals surface area contributed by atoms with Crippen molar-refractivity contribution in [1.29, 1.82) is 0 Å². The summed E-state index contributed by atoms with van der Waals surface area (Å²) in [4.78, 5) is 13.8. The molecule has 202 valence electrons. The molecule has 0 spiro atoms. The first kappa shape index (κ1) is 37.2. The second-order valence-electron chi connectivity index (χ2n) is 9.50. The molecule has 0 radical (unpaired) electrons. The smallest absolute Gasteiger partial charge is 0 e. The van der Waals surface area contributed by atoms with Crippen LogP contribution in [0.5, 0.6) is 0 Å². The van der Waals surface area contributed by atoms with Crippen LogP contribution in [-0.4, -0.2) is 41.7 Å². The molecule has 1 aromatic carbocycles. The Kier molecular flexibility index (Phi) is 15.5. The van der Waals surface area contributed by atoms with Crippen molar-refractivity contribution in [3.05, 3.63) is 74.3 Å². The van der Waals surface area contributed by atoms with Gasteiger partial charge in [-0.3, -0.25) is 8.98 Å². The first-order valence-electron chi connectivity index (χ1n) is 10.9. The quantitative estimate of drug-likeness (QED) is 0.217. The van der Waals surface area contributed by atoms with Crippen molar-refractivity contribution in [2.24, 2.45) is 10.8 Å². The topological polar surface area (TPSA) is 129 Å². The molecule has 0 heterocycles. The second kappa shape index (κ2) is 15.4. The van der Waals surface area contributed by atoms with Gasteiger partial charge in [0.05, 0.1) is 21.4 Å². The number of rotatable bonds is 6. The number of ketones is 1. The van der Waals surface area contributed by atoms with Crippen LogP contribution in [0.1, 0.15) is 26.7 Å². The van der Waals surface area contributed by atoms with Crippen molar-refractivity contribution >= 4 is 29.2 Å². The van der Waals surface area contributed by atoms with E-state index in [1.54, 1.807) is 7.11 Å². The van der Waals surface area contributed by atoms with E-state index in [4.69, 9.17) is 22.9 Å². The van der Waals surface area contributed by atoms with Gasteiger partial charge in [0.1, 0.15) is 11.9 Å². The Balaban J connectivity index is 0. The Morgan fingerprint density at radius 3 is 1.95 bits per heavy atom. The predicted molar refractivity (Wildman–Crippen MR) is 134 cm³/mol. The minimum Gasteiger partial charge on any atom is 0 e. The molecule has 0 N–H and O–H groups in total. The van der Waals surface area contributed by atoms with E-state index < -0.39 is 35.1 Å². The van der Waals surface area contributed by atoms with Gasteiger partial charge in [0.15, 0.2) is 5.78 Å². The van der Waals surface area contributed by atoms with Gasteiger partial charge in [-0.1, -0.05) is 68.5 Å². The van der Waals surface area contributed by atoms with Gasteiger partial charge in [0.2, 0.25) is 0 Å². The molecule has 1 aromatic rings. The molecule has 8 nitrogen and oxygen atoms in total. The summed E-state index contributed by atoms with van der Waals surface area (Å²) in [5, 5.41) is 1.26. The minimum atomic E-state index is -3.74. The first-order valence-corrected chi connectivity index (χ1v) is 15.8. The molecule has 0 aliphatic heterocycles. The average Bonchev–Trinajstić information content (AvgIpc) is 3.14. The second-order valence-corrected chi connectivity index (χ2v) is 15.8. The Labute approximate surface area is 231 Å². The monoisotopic (exact) mass is 588 g/mol. The Morgan fingerprint density at radius 1 is 1.03 bits per heavy atom. The van der Waals surface area contributed by atoms with E-state index in [1.165, 1.54) is 5.19 Å². The molecule has 0 aromatic heterocycles. The maximum absolute atomic E-state index is 13.8. The van der Waals surface area contributed by atoms with Crippen LogP contribution in [0.25, 0.3) is 0 Å². The molecule has 37 heavy (non-hydrogen) atoms. The normalized spacial score (nSPS) is 26.3. The summed E-state index contributed by atoms with van der Waals surface area (Å²) in [5.74, 6) is 0.664. The van der Waals surface area contributed by atoms with Crippen LogP contribution in [-0.2, 0) is 54.9 Å². The van der Waals surface area contributed by atoms with Gasteiger partial charge in [0, 0.05) is 27.9 Å². The standard InChI is InChI=1S/C23H32O5SSi.3CO.Fe/c1-22(14-12-17(27-3)13-15-22)23(2)20(16-19(21(23)24)28-29(4,25)26)30(5,6)18-10-8-7-9-11-18;3*1-2;/h7-14,19-20H,15-16H2,1-6H3;;;;/t19-,20+,22+,23-;;;;/m0..../s1. The van der Waals surface area contributed by atoms with Crippen molar-refractivity contribution in [2.45, 2.75) is 51.4 Å². The third kappa shape index (κ3) is 8.01. The Morgan fingerprint density at radius 2 is 1.54 bits per heavy atom. The molecular weight excluding hydrogens is 556 g/mol. The van der Waals surface area contributed by atoms with E-state index in [2.05, 4.69) is 58.2 Å². The molecule has 0 saturated heterocycles. The van der Waals surface area contributed by atoms with E-state index in [1.807, 2.05) is 37.3 Å². The number of methoxy groups -OCH3 is 1. The molecule has 11 heteroatoms. The van der Waals surface area contributed by atoms with Crippen molar-refractivity contribution in [2.75, 3.05) is 13.4 Å². The third-order valence-corrected chi connectivity index (χ3v) is 12.4. The fourth-order valence-corrected chi connectivity index (χ4v) is 10.1. The summed E-state index contributed by atoms with van der Waals surface area (Å²) < 4.78 is 57.0. The number of ether oxygens (including phenoxy) is 1. The number of hydrogen-bond acceptors (Lipinski definition) is 5. The summed E-state index contributed by atoms with van der Waals surface area (Å²) in [6.07, 6.45) is 7.13. The van der Waals surface area contributed by atoms with Crippen LogP contribution >= 0.6 is 0 Å². The van der Waals surface area contributed by atoms with Crippen molar-refractivity contribution < 1.29 is 53.2 Å². The Bertz CT molecular complexity index is 1110. The fraction of sp³-hybridized carbons (Fsp3) is 0.462. The summed E-state index contributed by atoms with van der Waals surface area (Å²) in [7, 11) is -4.29. The van der Waals surface area contributed by atoms with Crippen LogP contribution in [0.15, 0.2) is 54.3 Å².